The number of rotatable bonds is 2. The summed E-state index contributed by atoms with van der Waals surface area (Å²) >= 11 is 3.67. The summed E-state index contributed by atoms with van der Waals surface area (Å²) in [6.07, 6.45) is -11.9. The van der Waals surface area contributed by atoms with E-state index in [9.17, 15) is 40.9 Å². The molecule has 1 spiro atoms. The van der Waals surface area contributed by atoms with Gasteiger partial charge in [-0.15, -0.1) is 23.5 Å². The summed E-state index contributed by atoms with van der Waals surface area (Å²) in [4.78, 5) is 0. The maximum Gasteiger partial charge on any atom is 0.147 e. The Labute approximate surface area is 263 Å². The Bertz CT molecular complexity index is 1400. The van der Waals surface area contributed by atoms with Crippen LogP contribution in [0.5, 0.6) is 0 Å². The lowest BCUT2D eigenvalue weighted by molar-refractivity contribution is -0.214. The fourth-order valence-electron chi connectivity index (χ4n) is 6.00. The van der Waals surface area contributed by atoms with Crippen LogP contribution in [0.2, 0.25) is 0 Å². The number of aliphatic hydroxyl groups excluding tert-OH is 8. The van der Waals surface area contributed by atoms with Crippen molar-refractivity contribution >= 4 is 23.5 Å². The predicted octanol–water partition coefficient (Wildman–Crippen LogP) is -0.874. The molecule has 8 N–H and O–H groups in total. The van der Waals surface area contributed by atoms with Gasteiger partial charge in [-0.1, -0.05) is 35.8 Å². The van der Waals surface area contributed by atoms with Crippen LogP contribution in [-0.4, -0.2) is 127 Å². The topological polar surface area (TPSA) is 180 Å². The number of ether oxygens (including phenoxy) is 2. The molecular weight excluding hydrogens is 608 g/mol. The van der Waals surface area contributed by atoms with Gasteiger partial charge in [0.1, 0.15) is 65.1 Å². The number of aliphatic hydroxyl groups is 8. The van der Waals surface area contributed by atoms with Crippen LogP contribution in [0.25, 0.3) is 11.1 Å². The van der Waals surface area contributed by atoms with Crippen LogP contribution in [0.15, 0.2) is 36.4 Å². The van der Waals surface area contributed by atoms with Crippen LogP contribution in [0.1, 0.15) is 28.7 Å². The molecule has 8 unspecified atom stereocenters. The van der Waals surface area contributed by atoms with Gasteiger partial charge >= 0.3 is 0 Å². The first-order valence-corrected chi connectivity index (χ1v) is 16.4. The van der Waals surface area contributed by atoms with E-state index in [-0.39, 0.29) is 0 Å². The highest BCUT2D eigenvalue weighted by molar-refractivity contribution is 8.18. The van der Waals surface area contributed by atoms with Gasteiger partial charge in [0, 0.05) is 11.1 Å². The molecule has 44 heavy (non-hydrogen) atoms. The Morgan fingerprint density at radius 2 is 1.07 bits per heavy atom. The number of hydrogen-bond donors (Lipinski definition) is 8. The van der Waals surface area contributed by atoms with Gasteiger partial charge in [-0.25, -0.2) is 0 Å². The monoisotopic (exact) mass is 642 g/mol. The maximum atomic E-state index is 10.4. The van der Waals surface area contributed by atoms with E-state index in [1.165, 1.54) is 0 Å². The average Bonchev–Trinajstić information content (AvgIpc) is 3.29. The molecule has 10 nitrogen and oxygen atoms in total. The second-order valence-corrected chi connectivity index (χ2v) is 14.1. The highest BCUT2D eigenvalue weighted by atomic mass is 32.2. The first-order chi connectivity index (χ1) is 21.2. The second kappa shape index (κ2) is 12.9. The van der Waals surface area contributed by atoms with Crippen molar-refractivity contribution in [3.05, 3.63) is 58.7 Å². The lowest BCUT2D eigenvalue weighted by Gasteiger charge is -2.37. The largest absolute Gasteiger partial charge is 0.394 e. The second-order valence-electron chi connectivity index (χ2n) is 11.2. The predicted molar refractivity (Wildman–Crippen MR) is 163 cm³/mol. The maximum absolute atomic E-state index is 10.4. The van der Waals surface area contributed by atoms with Crippen LogP contribution < -0.4 is 0 Å². The van der Waals surface area contributed by atoms with E-state index in [0.29, 0.717) is 11.1 Å². The van der Waals surface area contributed by atoms with Crippen molar-refractivity contribution < 1.29 is 50.3 Å². The van der Waals surface area contributed by atoms with Gasteiger partial charge in [0.05, 0.1) is 13.2 Å². The molecule has 0 bridgehead atoms. The molecule has 6 rings (SSSR count). The number of benzene rings is 2. The number of thioether (sulfide) groups is 2. The Morgan fingerprint density at radius 3 is 1.48 bits per heavy atom. The Morgan fingerprint density at radius 1 is 0.636 bits per heavy atom. The first kappa shape index (κ1) is 31.8. The van der Waals surface area contributed by atoms with E-state index in [1.54, 1.807) is 0 Å². The molecule has 3 fully saturated rings. The van der Waals surface area contributed by atoms with Gasteiger partial charge in [0.25, 0.3) is 0 Å². The summed E-state index contributed by atoms with van der Waals surface area (Å²) in [6, 6.07) is 11.8. The Hall–Kier alpha value is -2.14. The highest BCUT2D eigenvalue weighted by Crippen LogP contribution is 2.63. The van der Waals surface area contributed by atoms with E-state index >= 15 is 0 Å². The third-order valence-electron chi connectivity index (χ3n) is 8.44. The molecule has 0 saturated carbocycles. The van der Waals surface area contributed by atoms with E-state index in [0.717, 1.165) is 40.2 Å². The average molecular weight is 643 g/mol. The molecule has 10 atom stereocenters. The molecule has 2 aromatic carbocycles. The lowest BCUT2D eigenvalue weighted by atomic mass is 9.95. The zero-order chi connectivity index (χ0) is 31.2. The molecule has 0 aromatic heterocycles. The molecule has 3 aliphatic heterocycles. The van der Waals surface area contributed by atoms with Crippen molar-refractivity contribution in [1.29, 1.82) is 0 Å². The SMILES string of the molecule is OCC1OC(C#Cc2ccc3c(c2)C2(SCCCS2)c2cc(C#CC4OC(CO)[C@@H](O)C(O)C4O)ccc2-3)C(O)C(O)[C@@H]1O. The Balaban J connectivity index is 1.31. The van der Waals surface area contributed by atoms with Crippen LogP contribution in [0.4, 0.5) is 0 Å². The summed E-state index contributed by atoms with van der Waals surface area (Å²) in [7, 11) is 0. The molecule has 234 valence electrons. The van der Waals surface area contributed by atoms with Crippen LogP contribution in [0, 0.1) is 23.7 Å². The zero-order valence-electron chi connectivity index (χ0n) is 23.5. The molecule has 3 heterocycles. The van der Waals surface area contributed by atoms with Crippen molar-refractivity contribution in [2.24, 2.45) is 0 Å². The third-order valence-corrected chi connectivity index (χ3v) is 11.8. The van der Waals surface area contributed by atoms with Crippen molar-refractivity contribution in [2.45, 2.75) is 71.5 Å². The van der Waals surface area contributed by atoms with Crippen LogP contribution in [-0.2, 0) is 13.6 Å². The van der Waals surface area contributed by atoms with Gasteiger partial charge in [0.15, 0.2) is 0 Å². The number of fused-ring (bicyclic) bond motifs is 5. The summed E-state index contributed by atoms with van der Waals surface area (Å²) < 4.78 is 10.7. The lowest BCUT2D eigenvalue weighted by Crippen LogP contribution is -2.58. The minimum absolute atomic E-state index is 0.412. The van der Waals surface area contributed by atoms with E-state index in [2.05, 4.69) is 23.7 Å². The van der Waals surface area contributed by atoms with Crippen molar-refractivity contribution in [3.8, 4) is 34.8 Å². The van der Waals surface area contributed by atoms with Crippen molar-refractivity contribution in [2.75, 3.05) is 24.7 Å². The summed E-state index contributed by atoms with van der Waals surface area (Å²) in [5, 5.41) is 80.1. The molecule has 0 radical (unpaired) electrons. The van der Waals surface area contributed by atoms with Gasteiger partial charge in [-0.05, 0) is 64.4 Å². The standard InChI is InChI=1S/C32H34O10S2/c33-14-24-28(37)30(39)26(35)22(41-24)8-4-16-2-6-18-19-7-3-17(5-9-23-27(36)31(40)29(38)25(15-34)42-23)13-21(19)32(20(18)12-16)43-10-1-11-44-32/h2-3,6-7,12-13,22-31,33-40H,1,10-11,14-15H2/t22?,23?,24?,25?,26?,27?,28-,29-,30?,31?/m1/s1. The highest BCUT2D eigenvalue weighted by Gasteiger charge is 2.47. The minimum atomic E-state index is -1.49. The van der Waals surface area contributed by atoms with Gasteiger partial charge in [0.2, 0.25) is 0 Å². The zero-order valence-corrected chi connectivity index (χ0v) is 25.1. The smallest absolute Gasteiger partial charge is 0.147 e. The van der Waals surface area contributed by atoms with Crippen molar-refractivity contribution in [3.63, 3.8) is 0 Å². The Kier molecular flexibility index (Phi) is 9.35. The molecule has 1 aliphatic carbocycles. The molecular formula is C32H34O10S2. The van der Waals surface area contributed by atoms with Gasteiger partial charge < -0.3 is 50.3 Å². The number of hydrogen-bond acceptors (Lipinski definition) is 12. The molecule has 4 aliphatic rings. The third kappa shape index (κ3) is 5.58. The molecule has 3 saturated heterocycles. The first-order valence-electron chi connectivity index (χ1n) is 14.4. The van der Waals surface area contributed by atoms with Crippen LogP contribution >= 0.6 is 23.5 Å². The minimum Gasteiger partial charge on any atom is -0.394 e. The fraction of sp³-hybridized carbons (Fsp3) is 0.500. The normalized spacial score (nSPS) is 35.5. The van der Waals surface area contributed by atoms with E-state index < -0.39 is 78.3 Å². The van der Waals surface area contributed by atoms with E-state index in [4.69, 9.17) is 9.47 Å². The fourth-order valence-corrected chi connectivity index (χ4v) is 9.46. The molecule has 2 aromatic rings. The molecule has 0 amide bonds. The summed E-state index contributed by atoms with van der Waals surface area (Å²) in [5.41, 5.74) is 5.66. The van der Waals surface area contributed by atoms with Crippen molar-refractivity contribution in [1.82, 2.24) is 0 Å². The molecule has 12 heteroatoms. The summed E-state index contributed by atoms with van der Waals surface area (Å²) in [5.74, 6) is 13.7. The van der Waals surface area contributed by atoms with E-state index in [1.807, 2.05) is 59.9 Å². The quantitative estimate of drug-likeness (QED) is 0.190. The van der Waals surface area contributed by atoms with Gasteiger partial charge in [-0.3, -0.25) is 0 Å². The van der Waals surface area contributed by atoms with Crippen LogP contribution in [0.3, 0.4) is 0 Å². The summed E-state index contributed by atoms with van der Waals surface area (Å²) in [6.45, 7) is -1.04. The van der Waals surface area contributed by atoms with Gasteiger partial charge in [-0.2, -0.15) is 0 Å².